The summed E-state index contributed by atoms with van der Waals surface area (Å²) in [6.07, 6.45) is 3.62. The molecule has 0 radical (unpaired) electrons. The lowest BCUT2D eigenvalue weighted by molar-refractivity contribution is -0.192. The molecule has 1 unspecified atom stereocenters. The van der Waals surface area contributed by atoms with Gasteiger partial charge in [-0.15, -0.1) is 0 Å². The van der Waals surface area contributed by atoms with Crippen LogP contribution in [-0.4, -0.2) is 109 Å². The zero-order chi connectivity index (χ0) is 38.3. The molecule has 53 heavy (non-hydrogen) atoms. The molecular formula is C34H43F5N8O5S. The molecule has 3 aliphatic rings. The van der Waals surface area contributed by atoms with Crippen molar-refractivity contribution in [3.05, 3.63) is 41.3 Å². The van der Waals surface area contributed by atoms with Gasteiger partial charge in [0.1, 0.15) is 6.04 Å². The summed E-state index contributed by atoms with van der Waals surface area (Å²) in [5.74, 6) is -1.24. The average molecular weight is 771 g/mol. The number of piperidine rings is 3. The second-order valence-corrected chi connectivity index (χ2v) is 14.5. The van der Waals surface area contributed by atoms with Gasteiger partial charge in [-0.25, -0.2) is 14.8 Å². The first-order valence-corrected chi connectivity index (χ1v) is 18.4. The number of hydrogen-bond acceptors (Lipinski definition) is 11. The van der Waals surface area contributed by atoms with E-state index in [1.165, 1.54) is 23.5 Å². The van der Waals surface area contributed by atoms with Crippen molar-refractivity contribution >= 4 is 46.6 Å². The molecule has 1 atom stereocenters. The lowest BCUT2D eigenvalue weighted by Crippen LogP contribution is -2.42. The van der Waals surface area contributed by atoms with Gasteiger partial charge >= 0.3 is 18.8 Å². The molecule has 0 spiro atoms. The number of halogens is 5. The number of carbonyl (C=O) groups excluding carboxylic acids is 2. The largest absolute Gasteiger partial charge is 0.490 e. The van der Waals surface area contributed by atoms with Crippen LogP contribution in [0.25, 0.3) is 10.9 Å². The molecule has 3 aliphatic heterocycles. The van der Waals surface area contributed by atoms with E-state index < -0.39 is 24.8 Å². The quantitative estimate of drug-likeness (QED) is 0.0984. The summed E-state index contributed by atoms with van der Waals surface area (Å²) in [4.78, 5) is 43.8. The molecule has 3 saturated heterocycles. The minimum atomic E-state index is -5.08. The summed E-state index contributed by atoms with van der Waals surface area (Å²) in [5.41, 5.74) is 4.50. The van der Waals surface area contributed by atoms with Crippen LogP contribution in [0.5, 0.6) is 5.75 Å². The summed E-state index contributed by atoms with van der Waals surface area (Å²) in [7, 11) is 0. The minimum Gasteiger partial charge on any atom is -0.475 e. The summed E-state index contributed by atoms with van der Waals surface area (Å²) in [6, 6.07) is 4.28. The number of ether oxygens (including phenoxy) is 1. The highest BCUT2D eigenvalue weighted by Gasteiger charge is 2.38. The van der Waals surface area contributed by atoms with E-state index in [9.17, 15) is 31.5 Å². The Hall–Kier alpha value is -4.10. The van der Waals surface area contributed by atoms with Crippen LogP contribution in [0.2, 0.25) is 0 Å². The topological polar surface area (TPSA) is 155 Å². The number of carbonyl (C=O) groups is 3. The van der Waals surface area contributed by atoms with Gasteiger partial charge in [0.25, 0.3) is 5.91 Å². The van der Waals surface area contributed by atoms with Gasteiger partial charge in [0.15, 0.2) is 5.75 Å². The molecule has 290 valence electrons. The third kappa shape index (κ3) is 11.0. The number of carboxylic acids is 1. The molecule has 2 amide bonds. The number of carboxylic acid groups (broad SMARTS) is 1. The predicted molar refractivity (Wildman–Crippen MR) is 187 cm³/mol. The van der Waals surface area contributed by atoms with Crippen molar-refractivity contribution in [1.29, 1.82) is 0 Å². The number of hydrogen-bond donors (Lipinski definition) is 3. The van der Waals surface area contributed by atoms with Crippen LogP contribution in [0.15, 0.2) is 24.5 Å². The number of aryl methyl sites for hydroxylation is 2. The Balaban J connectivity index is 0.000000705. The minimum absolute atomic E-state index is 0.0441. The van der Waals surface area contributed by atoms with Crippen LogP contribution in [0.4, 0.5) is 27.9 Å². The molecule has 3 fully saturated rings. The second-order valence-electron chi connectivity index (χ2n) is 13.3. The Morgan fingerprint density at radius 1 is 1.06 bits per heavy atom. The fourth-order valence-electron chi connectivity index (χ4n) is 6.87. The summed E-state index contributed by atoms with van der Waals surface area (Å²) in [5, 5.41) is 18.7. The van der Waals surface area contributed by atoms with E-state index in [0.29, 0.717) is 24.7 Å². The number of benzene rings is 1. The van der Waals surface area contributed by atoms with Gasteiger partial charge in [-0.2, -0.15) is 27.1 Å². The molecule has 3 N–H and O–H groups in total. The van der Waals surface area contributed by atoms with Crippen LogP contribution in [0, 0.1) is 13.8 Å². The van der Waals surface area contributed by atoms with Crippen LogP contribution >= 0.6 is 11.9 Å². The first-order chi connectivity index (χ1) is 25.2. The van der Waals surface area contributed by atoms with Crippen molar-refractivity contribution in [2.75, 3.05) is 43.8 Å². The molecule has 0 bridgehead atoms. The van der Waals surface area contributed by atoms with E-state index in [2.05, 4.69) is 53.6 Å². The Kier molecular flexibility index (Phi) is 13.5. The van der Waals surface area contributed by atoms with E-state index in [4.69, 9.17) is 15.0 Å². The molecule has 5 heterocycles. The zero-order valence-electron chi connectivity index (χ0n) is 29.4. The van der Waals surface area contributed by atoms with Crippen molar-refractivity contribution < 1.29 is 46.2 Å². The van der Waals surface area contributed by atoms with Gasteiger partial charge in [0, 0.05) is 36.7 Å². The third-order valence-electron chi connectivity index (χ3n) is 9.59. The van der Waals surface area contributed by atoms with E-state index in [1.54, 1.807) is 0 Å². The highest BCUT2D eigenvalue weighted by molar-refractivity contribution is 7.97. The smallest absolute Gasteiger partial charge is 0.475 e. The number of likely N-dealkylation sites (tertiary alicyclic amines) is 1. The normalized spacial score (nSPS) is 19.6. The van der Waals surface area contributed by atoms with Crippen LogP contribution in [0.1, 0.15) is 73.7 Å². The molecule has 1 aromatic carbocycles. The highest BCUT2D eigenvalue weighted by atomic mass is 32.2. The van der Waals surface area contributed by atoms with Crippen LogP contribution in [0.3, 0.4) is 0 Å². The van der Waals surface area contributed by atoms with Gasteiger partial charge in [-0.1, -0.05) is 11.9 Å². The first kappa shape index (κ1) is 40.1. The maximum absolute atomic E-state index is 12.5. The zero-order valence-corrected chi connectivity index (χ0v) is 30.2. The summed E-state index contributed by atoms with van der Waals surface area (Å²) >= 11 is 1.93. The number of rotatable bonds is 11. The fraction of sp³-hybridized carbons (Fsp3) is 0.588. The van der Waals surface area contributed by atoms with Crippen molar-refractivity contribution in [3.63, 3.8) is 0 Å². The molecule has 3 aromatic rings. The molecule has 2 aromatic heterocycles. The van der Waals surface area contributed by atoms with Crippen LogP contribution < -0.4 is 15.4 Å². The maximum atomic E-state index is 12.5. The van der Waals surface area contributed by atoms with Gasteiger partial charge in [0.05, 0.1) is 23.6 Å². The molecule has 6 rings (SSSR count). The van der Waals surface area contributed by atoms with E-state index in [0.717, 1.165) is 87.2 Å². The number of fused-ring (bicyclic) bond motifs is 1. The van der Waals surface area contributed by atoms with Gasteiger partial charge in [-0.3, -0.25) is 23.9 Å². The Bertz CT molecular complexity index is 1730. The SMILES string of the molecule is Cc1cc2c(cc1C1CCN(CCCSN3CCC(Nc4ncc(OC(F)F)cn4)CC3)CC1)c(C)nn2C1CCC(=O)NC1=O.O=C(O)C(F)(F)F. The number of nitrogens with zero attached hydrogens (tertiary/aromatic N) is 6. The van der Waals surface area contributed by atoms with Crippen molar-refractivity contribution in [2.45, 2.75) is 89.6 Å². The summed E-state index contributed by atoms with van der Waals surface area (Å²) < 4.78 is 64.9. The lowest BCUT2D eigenvalue weighted by Gasteiger charge is -2.33. The number of anilines is 1. The standard InChI is InChI=1S/C32H42F2N8O3S.C2HF3O2/c1-20-16-28-26(21(2)39-42(28)27-4-5-29(43)38-30(27)44)17-25(20)22-6-11-40(12-7-22)10-3-15-46-41-13-8-23(9-14-41)37-32-35-18-24(19-36-32)45-31(33)34;3-2(4,5)1(6)7/h16-19,22-23,27,31H,3-15H2,1-2H3,(H,35,36,37)(H,38,43,44);(H,6,7). The number of amides is 2. The average Bonchev–Trinajstić information content (AvgIpc) is 3.42. The summed E-state index contributed by atoms with van der Waals surface area (Å²) in [6.45, 7) is 6.53. The number of imide groups is 1. The molecular weight excluding hydrogens is 727 g/mol. The Morgan fingerprint density at radius 2 is 1.72 bits per heavy atom. The third-order valence-corrected chi connectivity index (χ3v) is 10.8. The van der Waals surface area contributed by atoms with Crippen molar-refractivity contribution in [2.24, 2.45) is 0 Å². The fourth-order valence-corrected chi connectivity index (χ4v) is 7.85. The molecule has 0 saturated carbocycles. The van der Waals surface area contributed by atoms with E-state index >= 15 is 0 Å². The first-order valence-electron chi connectivity index (χ1n) is 17.4. The second kappa shape index (κ2) is 17.8. The van der Waals surface area contributed by atoms with Crippen molar-refractivity contribution in [1.82, 2.24) is 34.3 Å². The van der Waals surface area contributed by atoms with Gasteiger partial charge < -0.3 is 20.1 Å². The molecule has 13 nitrogen and oxygen atoms in total. The predicted octanol–water partition coefficient (Wildman–Crippen LogP) is 5.45. The maximum Gasteiger partial charge on any atom is 0.490 e. The monoisotopic (exact) mass is 770 g/mol. The van der Waals surface area contributed by atoms with E-state index in [-0.39, 0.29) is 23.6 Å². The van der Waals surface area contributed by atoms with Gasteiger partial charge in [0.2, 0.25) is 11.9 Å². The molecule has 0 aliphatic carbocycles. The van der Waals surface area contributed by atoms with Gasteiger partial charge in [-0.05, 0) is 101 Å². The number of nitrogens with one attached hydrogen (secondary N) is 2. The molecule has 19 heteroatoms. The number of aromatic nitrogens is 4. The number of aliphatic carboxylic acids is 1. The van der Waals surface area contributed by atoms with E-state index in [1.807, 2.05) is 23.6 Å². The van der Waals surface area contributed by atoms with Crippen molar-refractivity contribution in [3.8, 4) is 5.75 Å². The number of alkyl halides is 5. The van der Waals surface area contributed by atoms with Crippen LogP contribution in [-0.2, 0) is 14.4 Å². The Morgan fingerprint density at radius 3 is 2.32 bits per heavy atom. The lowest BCUT2D eigenvalue weighted by atomic mass is 9.86. The highest BCUT2D eigenvalue weighted by Crippen LogP contribution is 2.35. The Labute approximate surface area is 307 Å².